The first kappa shape index (κ1) is 19.2. The summed E-state index contributed by atoms with van der Waals surface area (Å²) in [7, 11) is 4.02. The highest BCUT2D eigenvalue weighted by atomic mass is 33.1. The molecule has 0 radical (unpaired) electrons. The van der Waals surface area contributed by atoms with Crippen molar-refractivity contribution in [2.24, 2.45) is 0 Å². The molecule has 0 spiro atoms. The normalized spacial score (nSPS) is 19.6. The molecule has 0 aromatic rings. The highest BCUT2D eigenvalue weighted by molar-refractivity contribution is 8.77. The zero-order valence-electron chi connectivity index (χ0n) is 13.8. The minimum Gasteiger partial charge on any atom is -0.462 e. The Kier molecular flexibility index (Phi) is 11.6. The van der Waals surface area contributed by atoms with E-state index in [2.05, 4.69) is 13.8 Å². The number of rotatable bonds is 12. The van der Waals surface area contributed by atoms with E-state index in [1.807, 2.05) is 21.6 Å². The standard InChI is InChI=1S/C17H32O2S2/c1-3-5-6-7-10-15(4-2)19-17(18)12-9-8-11-16-13-14-20-21-16/h15-16H,3-14H2,1-2H3. The van der Waals surface area contributed by atoms with Crippen LogP contribution in [0.2, 0.25) is 0 Å². The fraction of sp³-hybridized carbons (Fsp3) is 0.941. The lowest BCUT2D eigenvalue weighted by atomic mass is 10.1. The molecule has 1 fully saturated rings. The van der Waals surface area contributed by atoms with Gasteiger partial charge in [-0.05, 0) is 38.5 Å². The molecule has 1 aliphatic rings. The van der Waals surface area contributed by atoms with E-state index in [4.69, 9.17) is 4.74 Å². The van der Waals surface area contributed by atoms with E-state index in [-0.39, 0.29) is 12.1 Å². The molecule has 0 aliphatic carbocycles. The summed E-state index contributed by atoms with van der Waals surface area (Å²) in [5.41, 5.74) is 0. The molecule has 0 amide bonds. The minimum atomic E-state index is 0.0193. The molecule has 0 aromatic heterocycles. The van der Waals surface area contributed by atoms with Gasteiger partial charge in [0.2, 0.25) is 0 Å². The lowest BCUT2D eigenvalue weighted by Gasteiger charge is -2.16. The van der Waals surface area contributed by atoms with Crippen LogP contribution in [0.1, 0.15) is 84.5 Å². The molecule has 2 unspecified atom stereocenters. The number of unbranched alkanes of at least 4 members (excludes halogenated alkanes) is 4. The maximum Gasteiger partial charge on any atom is 0.306 e. The van der Waals surface area contributed by atoms with Gasteiger partial charge >= 0.3 is 5.97 Å². The number of hydrogen-bond donors (Lipinski definition) is 0. The van der Waals surface area contributed by atoms with Crippen molar-refractivity contribution in [2.45, 2.75) is 95.8 Å². The Morgan fingerprint density at radius 1 is 1.19 bits per heavy atom. The van der Waals surface area contributed by atoms with Crippen molar-refractivity contribution < 1.29 is 9.53 Å². The highest BCUT2D eigenvalue weighted by Crippen LogP contribution is 2.39. The minimum absolute atomic E-state index is 0.0193. The van der Waals surface area contributed by atoms with Crippen molar-refractivity contribution in [3.8, 4) is 0 Å². The van der Waals surface area contributed by atoms with E-state index in [9.17, 15) is 4.79 Å². The molecule has 1 aliphatic heterocycles. The van der Waals surface area contributed by atoms with E-state index in [1.54, 1.807) is 0 Å². The van der Waals surface area contributed by atoms with Gasteiger partial charge in [-0.15, -0.1) is 0 Å². The van der Waals surface area contributed by atoms with Gasteiger partial charge in [0.1, 0.15) is 6.10 Å². The van der Waals surface area contributed by atoms with Gasteiger partial charge in [-0.25, -0.2) is 0 Å². The summed E-state index contributed by atoms with van der Waals surface area (Å²) in [5.74, 6) is 1.32. The van der Waals surface area contributed by atoms with Gasteiger partial charge in [-0.1, -0.05) is 61.1 Å². The quantitative estimate of drug-likeness (QED) is 0.249. The van der Waals surface area contributed by atoms with Crippen LogP contribution in [0, 0.1) is 0 Å². The van der Waals surface area contributed by atoms with Gasteiger partial charge < -0.3 is 4.74 Å². The molecule has 0 N–H and O–H groups in total. The van der Waals surface area contributed by atoms with Gasteiger partial charge in [-0.2, -0.15) is 0 Å². The predicted molar refractivity (Wildman–Crippen MR) is 95.9 cm³/mol. The van der Waals surface area contributed by atoms with Gasteiger partial charge in [-0.3, -0.25) is 4.79 Å². The van der Waals surface area contributed by atoms with Crippen molar-refractivity contribution in [1.29, 1.82) is 0 Å². The summed E-state index contributed by atoms with van der Waals surface area (Å²) in [6, 6.07) is 0. The van der Waals surface area contributed by atoms with Gasteiger partial charge in [0, 0.05) is 17.4 Å². The number of carbonyl (C=O) groups excluding carboxylic acids is 1. The summed E-state index contributed by atoms with van der Waals surface area (Å²) in [6.07, 6.45) is 12.5. The van der Waals surface area contributed by atoms with Crippen LogP contribution in [-0.2, 0) is 9.53 Å². The van der Waals surface area contributed by atoms with Crippen LogP contribution in [-0.4, -0.2) is 23.1 Å². The summed E-state index contributed by atoms with van der Waals surface area (Å²) in [4.78, 5) is 11.9. The Labute approximate surface area is 138 Å². The average molecular weight is 333 g/mol. The molecule has 4 heteroatoms. The van der Waals surface area contributed by atoms with Gasteiger partial charge in [0.05, 0.1) is 0 Å². The van der Waals surface area contributed by atoms with Crippen molar-refractivity contribution in [3.63, 3.8) is 0 Å². The largest absolute Gasteiger partial charge is 0.462 e. The third-order valence-electron chi connectivity index (χ3n) is 4.02. The van der Waals surface area contributed by atoms with E-state index in [0.29, 0.717) is 6.42 Å². The van der Waals surface area contributed by atoms with Gasteiger partial charge in [0.25, 0.3) is 0 Å². The molecule has 1 rings (SSSR count). The lowest BCUT2D eigenvalue weighted by molar-refractivity contribution is -0.149. The first-order chi connectivity index (χ1) is 10.3. The lowest BCUT2D eigenvalue weighted by Crippen LogP contribution is -2.17. The zero-order valence-corrected chi connectivity index (χ0v) is 15.4. The summed E-state index contributed by atoms with van der Waals surface area (Å²) >= 11 is 0. The first-order valence-corrected chi connectivity index (χ1v) is 11.1. The molecular formula is C17H32O2S2. The Balaban J connectivity index is 2.01. The molecular weight excluding hydrogens is 300 g/mol. The fourth-order valence-corrected chi connectivity index (χ4v) is 5.62. The number of carbonyl (C=O) groups is 1. The smallest absolute Gasteiger partial charge is 0.306 e. The molecule has 0 saturated carbocycles. The van der Waals surface area contributed by atoms with Crippen molar-refractivity contribution in [3.05, 3.63) is 0 Å². The number of ether oxygens (including phenoxy) is 1. The molecule has 2 atom stereocenters. The number of esters is 1. The van der Waals surface area contributed by atoms with E-state index >= 15 is 0 Å². The Morgan fingerprint density at radius 3 is 2.71 bits per heavy atom. The van der Waals surface area contributed by atoms with Crippen molar-refractivity contribution in [1.82, 2.24) is 0 Å². The maximum absolute atomic E-state index is 11.9. The third-order valence-corrected chi connectivity index (χ3v) is 7.02. The van der Waals surface area contributed by atoms with E-state index in [0.717, 1.165) is 24.5 Å². The van der Waals surface area contributed by atoms with Crippen LogP contribution in [0.4, 0.5) is 0 Å². The van der Waals surface area contributed by atoms with Crippen LogP contribution in [0.5, 0.6) is 0 Å². The molecule has 0 bridgehead atoms. The molecule has 124 valence electrons. The topological polar surface area (TPSA) is 26.3 Å². The average Bonchev–Trinajstić information content (AvgIpc) is 3.00. The first-order valence-electron chi connectivity index (χ1n) is 8.74. The zero-order chi connectivity index (χ0) is 15.3. The monoisotopic (exact) mass is 332 g/mol. The SMILES string of the molecule is CCCCCCC(CC)OC(=O)CCCCC1CCSS1. The second-order valence-corrected chi connectivity index (χ2v) is 8.73. The van der Waals surface area contributed by atoms with Crippen molar-refractivity contribution >= 4 is 27.6 Å². The molecule has 0 aromatic carbocycles. The summed E-state index contributed by atoms with van der Waals surface area (Å²) in [6.45, 7) is 4.34. The van der Waals surface area contributed by atoms with E-state index < -0.39 is 0 Å². The van der Waals surface area contributed by atoms with Crippen LogP contribution in [0.25, 0.3) is 0 Å². The van der Waals surface area contributed by atoms with Crippen LogP contribution in [0.3, 0.4) is 0 Å². The second kappa shape index (κ2) is 12.7. The number of hydrogen-bond acceptors (Lipinski definition) is 4. The predicted octanol–water partition coefficient (Wildman–Crippen LogP) is 5.99. The maximum atomic E-state index is 11.9. The molecule has 21 heavy (non-hydrogen) atoms. The van der Waals surface area contributed by atoms with Gasteiger partial charge in [0.15, 0.2) is 0 Å². The van der Waals surface area contributed by atoms with Crippen LogP contribution >= 0.6 is 21.6 Å². The highest BCUT2D eigenvalue weighted by Gasteiger charge is 2.16. The van der Waals surface area contributed by atoms with Crippen molar-refractivity contribution in [2.75, 3.05) is 5.75 Å². The van der Waals surface area contributed by atoms with Crippen LogP contribution < -0.4 is 0 Å². The summed E-state index contributed by atoms with van der Waals surface area (Å²) in [5, 5.41) is 0.827. The Morgan fingerprint density at radius 2 is 2.05 bits per heavy atom. The molecule has 2 nitrogen and oxygen atoms in total. The Hall–Kier alpha value is 0.170. The fourth-order valence-electron chi connectivity index (χ4n) is 2.60. The third kappa shape index (κ3) is 9.72. The van der Waals surface area contributed by atoms with E-state index in [1.165, 1.54) is 50.7 Å². The van der Waals surface area contributed by atoms with Crippen LogP contribution in [0.15, 0.2) is 0 Å². The summed E-state index contributed by atoms with van der Waals surface area (Å²) < 4.78 is 5.60. The molecule has 1 heterocycles. The second-order valence-electron chi connectivity index (χ2n) is 5.94. The Bertz CT molecular complexity index is 266. The molecule has 1 saturated heterocycles.